The number of nitrogens with one attached hydrogen (secondary N) is 1. The van der Waals surface area contributed by atoms with Crippen molar-refractivity contribution in [2.75, 3.05) is 13.7 Å². The van der Waals surface area contributed by atoms with Crippen molar-refractivity contribution in [3.63, 3.8) is 0 Å². The van der Waals surface area contributed by atoms with Gasteiger partial charge >= 0.3 is 6.09 Å². The van der Waals surface area contributed by atoms with Crippen LogP contribution in [0.2, 0.25) is 0 Å². The van der Waals surface area contributed by atoms with Gasteiger partial charge in [-0.2, -0.15) is 0 Å². The summed E-state index contributed by atoms with van der Waals surface area (Å²) >= 11 is 0. The SMILES string of the molecule is CNC(=O)Oc1cc(-c2cc(C)c(OC[C@@](C)(N)CC(C)C)cn2)ccn1. The molecule has 0 fully saturated rings. The van der Waals surface area contributed by atoms with Crippen LogP contribution in [0.5, 0.6) is 11.6 Å². The smallest absolute Gasteiger partial charge is 0.413 e. The molecule has 3 N–H and O–H groups in total. The van der Waals surface area contributed by atoms with Gasteiger partial charge in [0.05, 0.1) is 11.9 Å². The summed E-state index contributed by atoms with van der Waals surface area (Å²) in [4.78, 5) is 19.8. The third-order valence-electron chi connectivity index (χ3n) is 3.93. The van der Waals surface area contributed by atoms with Gasteiger partial charge in [-0.15, -0.1) is 0 Å². The van der Waals surface area contributed by atoms with Gasteiger partial charge in [0.1, 0.15) is 12.4 Å². The van der Waals surface area contributed by atoms with Crippen LogP contribution in [0.3, 0.4) is 0 Å². The van der Waals surface area contributed by atoms with Gasteiger partial charge in [-0.05, 0) is 43.9 Å². The number of aromatic nitrogens is 2. The molecule has 1 atom stereocenters. The molecule has 27 heavy (non-hydrogen) atoms. The van der Waals surface area contributed by atoms with Crippen LogP contribution in [-0.4, -0.2) is 35.3 Å². The van der Waals surface area contributed by atoms with Gasteiger partial charge in [0, 0.05) is 30.4 Å². The third kappa shape index (κ3) is 6.21. The minimum absolute atomic E-state index is 0.208. The molecule has 0 saturated heterocycles. The van der Waals surface area contributed by atoms with Crippen molar-refractivity contribution in [1.29, 1.82) is 0 Å². The first-order valence-electron chi connectivity index (χ1n) is 8.94. The Balaban J connectivity index is 2.12. The minimum Gasteiger partial charge on any atom is -0.490 e. The van der Waals surface area contributed by atoms with E-state index in [1.807, 2.05) is 19.9 Å². The summed E-state index contributed by atoms with van der Waals surface area (Å²) in [5.41, 5.74) is 8.39. The van der Waals surface area contributed by atoms with Gasteiger partial charge in [-0.1, -0.05) is 13.8 Å². The Labute approximate surface area is 160 Å². The lowest BCUT2D eigenvalue weighted by molar-refractivity contribution is 0.201. The van der Waals surface area contributed by atoms with E-state index in [0.29, 0.717) is 18.3 Å². The van der Waals surface area contributed by atoms with Crippen molar-refractivity contribution in [3.8, 4) is 22.9 Å². The number of carbonyl (C=O) groups is 1. The van der Waals surface area contributed by atoms with E-state index in [1.54, 1.807) is 24.5 Å². The van der Waals surface area contributed by atoms with Gasteiger partial charge in [0.2, 0.25) is 5.88 Å². The largest absolute Gasteiger partial charge is 0.490 e. The van der Waals surface area contributed by atoms with Crippen molar-refractivity contribution < 1.29 is 14.3 Å². The fourth-order valence-electron chi connectivity index (χ4n) is 2.86. The van der Waals surface area contributed by atoms with Crippen LogP contribution in [0.4, 0.5) is 4.79 Å². The van der Waals surface area contributed by atoms with Gasteiger partial charge in [0.15, 0.2) is 0 Å². The van der Waals surface area contributed by atoms with Gasteiger partial charge in [-0.25, -0.2) is 9.78 Å². The molecule has 0 bridgehead atoms. The van der Waals surface area contributed by atoms with Crippen molar-refractivity contribution in [2.45, 2.75) is 39.7 Å². The Morgan fingerprint density at radius 1 is 1.33 bits per heavy atom. The van der Waals surface area contributed by atoms with E-state index in [-0.39, 0.29) is 5.88 Å². The number of hydrogen-bond donors (Lipinski definition) is 2. The number of hydrogen-bond acceptors (Lipinski definition) is 6. The van der Waals surface area contributed by atoms with Crippen LogP contribution in [0, 0.1) is 12.8 Å². The lowest BCUT2D eigenvalue weighted by atomic mass is 9.93. The number of ether oxygens (including phenoxy) is 2. The average Bonchev–Trinajstić information content (AvgIpc) is 2.59. The number of nitrogens with zero attached hydrogens (tertiary/aromatic N) is 2. The second-order valence-corrected chi connectivity index (χ2v) is 7.40. The number of aryl methyl sites for hydroxylation is 1. The molecule has 2 heterocycles. The number of carbonyl (C=O) groups excluding carboxylic acids is 1. The number of rotatable bonds is 7. The molecule has 0 radical (unpaired) electrons. The number of pyridine rings is 2. The first-order chi connectivity index (χ1) is 12.7. The molecule has 7 heteroatoms. The first kappa shape index (κ1) is 20.6. The number of amides is 1. The molecular weight excluding hydrogens is 344 g/mol. The van der Waals surface area contributed by atoms with E-state index in [4.69, 9.17) is 15.2 Å². The molecule has 0 saturated carbocycles. The van der Waals surface area contributed by atoms with Crippen molar-refractivity contribution in [3.05, 3.63) is 36.2 Å². The molecule has 146 valence electrons. The van der Waals surface area contributed by atoms with Gasteiger partial charge in [-0.3, -0.25) is 4.98 Å². The molecule has 0 aliphatic rings. The second-order valence-electron chi connectivity index (χ2n) is 7.40. The van der Waals surface area contributed by atoms with Crippen molar-refractivity contribution >= 4 is 6.09 Å². The zero-order valence-electron chi connectivity index (χ0n) is 16.6. The van der Waals surface area contributed by atoms with Crippen LogP contribution in [0.15, 0.2) is 30.6 Å². The molecule has 7 nitrogen and oxygen atoms in total. The monoisotopic (exact) mass is 372 g/mol. The fraction of sp³-hybridized carbons (Fsp3) is 0.450. The Morgan fingerprint density at radius 2 is 2.07 bits per heavy atom. The Morgan fingerprint density at radius 3 is 2.70 bits per heavy atom. The predicted octanol–water partition coefficient (Wildman–Crippen LogP) is 3.31. The summed E-state index contributed by atoms with van der Waals surface area (Å²) in [6, 6.07) is 5.39. The zero-order valence-corrected chi connectivity index (χ0v) is 16.6. The molecule has 2 aromatic rings. The van der Waals surface area contributed by atoms with Crippen molar-refractivity contribution in [2.24, 2.45) is 11.7 Å². The summed E-state index contributed by atoms with van der Waals surface area (Å²) < 4.78 is 11.0. The molecule has 2 aromatic heterocycles. The zero-order chi connectivity index (χ0) is 20.0. The molecule has 0 aliphatic heterocycles. The van der Waals surface area contributed by atoms with Crippen molar-refractivity contribution in [1.82, 2.24) is 15.3 Å². The molecular formula is C20H28N4O3. The topological polar surface area (TPSA) is 99.4 Å². The van der Waals surface area contributed by atoms with E-state index in [1.165, 1.54) is 7.05 Å². The quantitative estimate of drug-likeness (QED) is 0.773. The molecule has 0 aromatic carbocycles. The Bertz CT molecular complexity index is 791. The third-order valence-corrected chi connectivity index (χ3v) is 3.93. The maximum Gasteiger partial charge on any atom is 0.413 e. The molecule has 1 amide bonds. The van der Waals surface area contributed by atoms with Crippen LogP contribution < -0.4 is 20.5 Å². The van der Waals surface area contributed by atoms with Crippen LogP contribution in [0.25, 0.3) is 11.3 Å². The molecule has 0 spiro atoms. The molecule has 0 unspecified atom stereocenters. The van der Waals surface area contributed by atoms with Crippen LogP contribution >= 0.6 is 0 Å². The molecule has 2 rings (SSSR count). The van der Waals surface area contributed by atoms with Crippen LogP contribution in [0.1, 0.15) is 32.8 Å². The Hall–Kier alpha value is -2.67. The number of nitrogens with two attached hydrogens (primary N) is 1. The summed E-state index contributed by atoms with van der Waals surface area (Å²) in [7, 11) is 1.49. The highest BCUT2D eigenvalue weighted by Crippen LogP contribution is 2.26. The first-order valence-corrected chi connectivity index (χ1v) is 8.94. The highest BCUT2D eigenvalue weighted by molar-refractivity contribution is 5.70. The second kappa shape index (κ2) is 8.81. The highest BCUT2D eigenvalue weighted by atomic mass is 16.6. The molecule has 0 aliphatic carbocycles. The fourth-order valence-corrected chi connectivity index (χ4v) is 2.86. The standard InChI is InChI=1S/C20H28N4O3/c1-13(2)10-20(4,21)12-26-17-11-24-16(8-14(17)3)15-6-7-23-18(9-15)27-19(25)22-5/h6-9,11,13H,10,12,21H2,1-5H3,(H,22,25)/t20-/m0/s1. The maximum atomic E-state index is 11.3. The van der Waals surface area contributed by atoms with E-state index >= 15 is 0 Å². The lowest BCUT2D eigenvalue weighted by Gasteiger charge is -2.27. The highest BCUT2D eigenvalue weighted by Gasteiger charge is 2.21. The summed E-state index contributed by atoms with van der Waals surface area (Å²) in [6.07, 6.45) is 3.57. The normalized spacial score (nSPS) is 13.1. The summed E-state index contributed by atoms with van der Waals surface area (Å²) in [5.74, 6) is 1.41. The van der Waals surface area contributed by atoms with Gasteiger partial charge in [0.25, 0.3) is 0 Å². The van der Waals surface area contributed by atoms with E-state index in [9.17, 15) is 4.79 Å². The average molecular weight is 372 g/mol. The van der Waals surface area contributed by atoms with E-state index < -0.39 is 11.6 Å². The van der Waals surface area contributed by atoms with Gasteiger partial charge < -0.3 is 20.5 Å². The Kier molecular flexibility index (Phi) is 6.74. The summed E-state index contributed by atoms with van der Waals surface area (Å²) in [5, 5.41) is 2.38. The van der Waals surface area contributed by atoms with E-state index in [0.717, 1.165) is 23.2 Å². The predicted molar refractivity (Wildman–Crippen MR) is 105 cm³/mol. The summed E-state index contributed by atoms with van der Waals surface area (Å²) in [6.45, 7) is 8.66. The minimum atomic E-state index is -0.571. The van der Waals surface area contributed by atoms with Crippen LogP contribution in [-0.2, 0) is 0 Å². The maximum absolute atomic E-state index is 11.3. The lowest BCUT2D eigenvalue weighted by Crippen LogP contribution is -2.43. The van der Waals surface area contributed by atoms with E-state index in [2.05, 4.69) is 29.1 Å².